The molecule has 0 fully saturated rings. The molecule has 4 nitrogen and oxygen atoms in total. The number of rotatable bonds is 3. The minimum absolute atomic E-state index is 0.433. The van der Waals surface area contributed by atoms with Crippen LogP contribution in [0.5, 0.6) is 0 Å². The highest BCUT2D eigenvalue weighted by molar-refractivity contribution is 4.58. The smallest absolute Gasteiger partial charge is 0.235 e. The molecule has 0 aliphatic heterocycles. The van der Waals surface area contributed by atoms with Crippen molar-refractivity contribution in [3.63, 3.8) is 0 Å². The molecule has 0 aliphatic rings. The Kier molecular flexibility index (Phi) is 3.16. The van der Waals surface area contributed by atoms with Crippen LogP contribution in [0.25, 0.3) is 0 Å². The monoisotopic (exact) mass is 133 g/mol. The van der Waals surface area contributed by atoms with E-state index in [1.807, 2.05) is 0 Å². The summed E-state index contributed by atoms with van der Waals surface area (Å²) in [4.78, 5) is 9.47. The van der Waals surface area contributed by atoms with Gasteiger partial charge in [-0.05, 0) is 6.42 Å². The normalized spacial score (nSPS) is 16.8. The van der Waals surface area contributed by atoms with E-state index in [1.54, 1.807) is 6.92 Å². The molecule has 0 aliphatic carbocycles. The molecule has 0 aromatic carbocycles. The minimum atomic E-state index is -0.838. The van der Waals surface area contributed by atoms with E-state index in [9.17, 15) is 10.1 Å². The summed E-state index contributed by atoms with van der Waals surface area (Å²) in [5, 5.41) is 18.8. The van der Waals surface area contributed by atoms with E-state index in [-0.39, 0.29) is 0 Å². The van der Waals surface area contributed by atoms with Crippen molar-refractivity contribution in [2.24, 2.45) is 0 Å². The highest BCUT2D eigenvalue weighted by Crippen LogP contribution is 1.99. The first-order valence-electron chi connectivity index (χ1n) is 2.91. The van der Waals surface area contributed by atoms with Gasteiger partial charge in [-0.3, -0.25) is 10.1 Å². The van der Waals surface area contributed by atoms with Crippen LogP contribution < -0.4 is 0 Å². The predicted octanol–water partition coefficient (Wildman–Crippen LogP) is 0.422. The summed E-state index contributed by atoms with van der Waals surface area (Å²) in [7, 11) is 0. The lowest BCUT2D eigenvalue weighted by atomic mass is 10.1. The molecule has 1 N–H and O–H groups in total. The van der Waals surface area contributed by atoms with Crippen molar-refractivity contribution in [2.75, 3.05) is 0 Å². The van der Waals surface area contributed by atoms with E-state index >= 15 is 0 Å². The third-order valence-corrected chi connectivity index (χ3v) is 1.31. The van der Waals surface area contributed by atoms with Crippen molar-refractivity contribution in [2.45, 2.75) is 32.4 Å². The topological polar surface area (TPSA) is 63.4 Å². The van der Waals surface area contributed by atoms with Crippen LogP contribution in [0.4, 0.5) is 0 Å². The number of hydrogen-bond acceptors (Lipinski definition) is 3. The van der Waals surface area contributed by atoms with Crippen LogP contribution in [0.3, 0.4) is 0 Å². The molecule has 0 saturated heterocycles. The summed E-state index contributed by atoms with van der Waals surface area (Å²) < 4.78 is 0. The Morgan fingerprint density at radius 1 is 1.78 bits per heavy atom. The van der Waals surface area contributed by atoms with Crippen molar-refractivity contribution in [1.29, 1.82) is 0 Å². The van der Waals surface area contributed by atoms with Gasteiger partial charge in [0.05, 0.1) is 0 Å². The Labute approximate surface area is 53.6 Å². The fourth-order valence-corrected chi connectivity index (χ4v) is 0.482. The van der Waals surface area contributed by atoms with Gasteiger partial charge < -0.3 is 5.11 Å². The van der Waals surface area contributed by atoms with Crippen LogP contribution in [0, 0.1) is 10.1 Å². The van der Waals surface area contributed by atoms with E-state index in [0.29, 0.717) is 6.42 Å². The summed E-state index contributed by atoms with van der Waals surface area (Å²) in [6, 6.07) is -0.838. The third kappa shape index (κ3) is 2.41. The Morgan fingerprint density at radius 3 is 2.33 bits per heavy atom. The SMILES string of the molecule is CC[C@H](O)C(C)[N+](=O)[O-]. The predicted molar refractivity (Wildman–Crippen MR) is 32.8 cm³/mol. The zero-order valence-corrected chi connectivity index (χ0v) is 5.57. The zero-order chi connectivity index (χ0) is 7.44. The van der Waals surface area contributed by atoms with Gasteiger partial charge in [0.15, 0.2) is 0 Å². The van der Waals surface area contributed by atoms with Crippen molar-refractivity contribution in [3.05, 3.63) is 10.1 Å². The molecule has 0 rings (SSSR count). The number of aliphatic hydroxyl groups is 1. The van der Waals surface area contributed by atoms with Crippen LogP contribution in [0.2, 0.25) is 0 Å². The first kappa shape index (κ1) is 8.36. The highest BCUT2D eigenvalue weighted by Gasteiger charge is 2.21. The highest BCUT2D eigenvalue weighted by atomic mass is 16.6. The van der Waals surface area contributed by atoms with Gasteiger partial charge >= 0.3 is 0 Å². The summed E-state index contributed by atoms with van der Waals surface area (Å²) in [5.74, 6) is 0. The van der Waals surface area contributed by atoms with Gasteiger partial charge in [0.25, 0.3) is 0 Å². The molecule has 0 heterocycles. The molecule has 0 radical (unpaired) electrons. The quantitative estimate of drug-likeness (QED) is 0.448. The molecule has 54 valence electrons. The lowest BCUT2D eigenvalue weighted by Crippen LogP contribution is -2.29. The second kappa shape index (κ2) is 3.40. The maximum absolute atomic E-state index is 9.95. The fourth-order valence-electron chi connectivity index (χ4n) is 0.482. The lowest BCUT2D eigenvalue weighted by molar-refractivity contribution is -0.529. The average molecular weight is 133 g/mol. The largest absolute Gasteiger partial charge is 0.386 e. The standard InChI is InChI=1S/C5H11NO3/c1-3-5(7)4(2)6(8)9/h4-5,7H,3H2,1-2H3/t4?,5-/m0/s1. The lowest BCUT2D eigenvalue weighted by Gasteiger charge is -2.07. The van der Waals surface area contributed by atoms with Gasteiger partial charge in [-0.1, -0.05) is 6.92 Å². The third-order valence-electron chi connectivity index (χ3n) is 1.31. The van der Waals surface area contributed by atoms with E-state index < -0.39 is 17.1 Å². The first-order chi connectivity index (χ1) is 4.09. The van der Waals surface area contributed by atoms with Gasteiger partial charge in [0.2, 0.25) is 6.04 Å². The summed E-state index contributed by atoms with van der Waals surface area (Å²) in [6.45, 7) is 3.11. The molecule has 0 bridgehead atoms. The molecule has 0 aromatic rings. The molecule has 4 heteroatoms. The average Bonchev–Trinajstić information content (AvgIpc) is 1.84. The Balaban J connectivity index is 3.72. The zero-order valence-electron chi connectivity index (χ0n) is 5.57. The summed E-state index contributed by atoms with van der Waals surface area (Å²) in [5.41, 5.74) is 0. The Hall–Kier alpha value is -0.640. The Bertz CT molecular complexity index is 104. The molecule has 9 heavy (non-hydrogen) atoms. The summed E-state index contributed by atoms with van der Waals surface area (Å²) >= 11 is 0. The van der Waals surface area contributed by atoms with Crippen molar-refractivity contribution in [3.8, 4) is 0 Å². The molecule has 0 spiro atoms. The Morgan fingerprint density at radius 2 is 2.22 bits per heavy atom. The first-order valence-corrected chi connectivity index (χ1v) is 2.91. The molecule has 0 saturated carbocycles. The van der Waals surface area contributed by atoms with Crippen LogP contribution in [-0.2, 0) is 0 Å². The van der Waals surface area contributed by atoms with E-state index in [4.69, 9.17) is 5.11 Å². The van der Waals surface area contributed by atoms with E-state index in [0.717, 1.165) is 0 Å². The van der Waals surface area contributed by atoms with Crippen molar-refractivity contribution in [1.82, 2.24) is 0 Å². The van der Waals surface area contributed by atoms with Gasteiger partial charge in [0.1, 0.15) is 6.10 Å². The molecule has 0 aromatic heterocycles. The van der Waals surface area contributed by atoms with Crippen molar-refractivity contribution < 1.29 is 10.0 Å². The molecule has 1 unspecified atom stereocenters. The van der Waals surface area contributed by atoms with E-state index in [1.165, 1.54) is 6.92 Å². The molecular weight excluding hydrogens is 122 g/mol. The number of aliphatic hydroxyl groups excluding tert-OH is 1. The minimum Gasteiger partial charge on any atom is -0.386 e. The van der Waals surface area contributed by atoms with Gasteiger partial charge in [-0.15, -0.1) is 0 Å². The van der Waals surface area contributed by atoms with Gasteiger partial charge in [-0.25, -0.2) is 0 Å². The second-order valence-corrected chi connectivity index (χ2v) is 2.00. The fraction of sp³-hybridized carbons (Fsp3) is 1.00. The number of hydrogen-bond donors (Lipinski definition) is 1. The van der Waals surface area contributed by atoms with Gasteiger partial charge in [-0.2, -0.15) is 0 Å². The van der Waals surface area contributed by atoms with E-state index in [2.05, 4.69) is 0 Å². The molecule has 2 atom stereocenters. The maximum atomic E-state index is 9.95. The number of nitro groups is 1. The molecular formula is C5H11NO3. The van der Waals surface area contributed by atoms with Crippen LogP contribution in [-0.4, -0.2) is 22.2 Å². The van der Waals surface area contributed by atoms with Crippen LogP contribution in [0.1, 0.15) is 20.3 Å². The molecule has 0 amide bonds. The van der Waals surface area contributed by atoms with Crippen molar-refractivity contribution >= 4 is 0 Å². The second-order valence-electron chi connectivity index (χ2n) is 2.00. The van der Waals surface area contributed by atoms with Gasteiger partial charge in [0, 0.05) is 11.8 Å². The summed E-state index contributed by atoms with van der Waals surface area (Å²) in [6.07, 6.45) is -0.373. The number of nitrogens with zero attached hydrogens (tertiary/aromatic N) is 1. The van der Waals surface area contributed by atoms with Crippen LogP contribution >= 0.6 is 0 Å². The van der Waals surface area contributed by atoms with Crippen LogP contribution in [0.15, 0.2) is 0 Å². The maximum Gasteiger partial charge on any atom is 0.235 e.